The van der Waals surface area contributed by atoms with E-state index < -0.39 is 0 Å². The first kappa shape index (κ1) is 11.0. The third-order valence-electron chi connectivity index (χ3n) is 6.09. The van der Waals surface area contributed by atoms with Gasteiger partial charge in [-0.05, 0) is 68.4 Å². The molecule has 1 heteroatoms. The lowest BCUT2D eigenvalue weighted by molar-refractivity contribution is -0.0744. The average Bonchev–Trinajstić information content (AvgIpc) is 2.40. The Hall–Kier alpha value is -0.820. The van der Waals surface area contributed by atoms with Gasteiger partial charge in [-0.15, -0.1) is 0 Å². The van der Waals surface area contributed by atoms with Crippen molar-refractivity contribution < 1.29 is 0 Å². The van der Waals surface area contributed by atoms with Gasteiger partial charge in [-0.3, -0.25) is 0 Å². The van der Waals surface area contributed by atoms with E-state index in [0.717, 1.165) is 23.7 Å². The highest BCUT2D eigenvalue weighted by Crippen LogP contribution is 2.61. The lowest BCUT2D eigenvalue weighted by Gasteiger charge is -2.61. The van der Waals surface area contributed by atoms with Crippen LogP contribution < -0.4 is 5.32 Å². The Labute approximate surface area is 110 Å². The molecule has 0 saturated heterocycles. The van der Waals surface area contributed by atoms with Crippen molar-refractivity contribution in [1.29, 1.82) is 0 Å². The molecule has 0 aliphatic heterocycles. The van der Waals surface area contributed by atoms with Gasteiger partial charge in [-0.2, -0.15) is 0 Å². The van der Waals surface area contributed by atoms with Gasteiger partial charge in [0.25, 0.3) is 0 Å². The number of nitrogens with one attached hydrogen (secondary N) is 1. The molecular weight excluding hydrogens is 218 g/mol. The highest BCUT2D eigenvalue weighted by Gasteiger charge is 2.57. The minimum atomic E-state index is 0.286. The largest absolute Gasteiger partial charge is 0.310 e. The molecule has 0 spiro atoms. The highest BCUT2D eigenvalue weighted by molar-refractivity contribution is 5.30. The predicted octanol–water partition coefficient (Wildman–Crippen LogP) is 3.56. The second-order valence-corrected chi connectivity index (χ2v) is 6.79. The molecule has 1 aromatic carbocycles. The van der Waals surface area contributed by atoms with E-state index in [4.69, 9.17) is 0 Å². The van der Waals surface area contributed by atoms with Gasteiger partial charge in [0.15, 0.2) is 0 Å². The highest BCUT2D eigenvalue weighted by atomic mass is 15.0. The monoisotopic (exact) mass is 241 g/mol. The van der Waals surface area contributed by atoms with Crippen molar-refractivity contribution in [2.24, 2.45) is 23.7 Å². The Morgan fingerprint density at radius 3 is 1.94 bits per heavy atom. The summed E-state index contributed by atoms with van der Waals surface area (Å²) in [5, 5.41) is 3.78. The Kier molecular flexibility index (Phi) is 2.35. The molecule has 0 atom stereocenters. The van der Waals surface area contributed by atoms with E-state index in [2.05, 4.69) is 42.7 Å². The van der Waals surface area contributed by atoms with Crippen LogP contribution >= 0.6 is 0 Å². The zero-order chi connectivity index (χ0) is 12.2. The Balaban J connectivity index is 1.81. The maximum absolute atomic E-state index is 3.78. The molecule has 4 bridgehead atoms. The van der Waals surface area contributed by atoms with Crippen LogP contribution in [-0.2, 0) is 5.54 Å². The van der Waals surface area contributed by atoms with Crippen LogP contribution in [-0.4, -0.2) is 7.05 Å². The van der Waals surface area contributed by atoms with Crippen LogP contribution in [0.4, 0.5) is 0 Å². The summed E-state index contributed by atoms with van der Waals surface area (Å²) in [6.07, 6.45) is 7.37. The fourth-order valence-electron chi connectivity index (χ4n) is 5.67. The van der Waals surface area contributed by atoms with E-state index in [-0.39, 0.29) is 5.54 Å². The van der Waals surface area contributed by atoms with Crippen molar-refractivity contribution in [3.8, 4) is 0 Å². The fraction of sp³-hybridized carbons (Fsp3) is 0.647. The van der Waals surface area contributed by atoms with Crippen LogP contribution in [0.1, 0.15) is 37.7 Å². The van der Waals surface area contributed by atoms with Crippen LogP contribution in [0.5, 0.6) is 0 Å². The van der Waals surface area contributed by atoms with Crippen LogP contribution in [0.25, 0.3) is 0 Å². The minimum absolute atomic E-state index is 0.286. The smallest absolute Gasteiger partial charge is 0.0489 e. The Morgan fingerprint density at radius 1 is 0.889 bits per heavy atom. The van der Waals surface area contributed by atoms with Crippen LogP contribution in [0.2, 0.25) is 0 Å². The SMILES string of the molecule is CNC1(c2ccccc2)C2CC3CC(C2)CC1C3. The summed E-state index contributed by atoms with van der Waals surface area (Å²) < 4.78 is 0. The van der Waals surface area contributed by atoms with Gasteiger partial charge in [0.1, 0.15) is 0 Å². The zero-order valence-corrected chi connectivity index (χ0v) is 11.2. The lowest BCUT2D eigenvalue weighted by atomic mass is 9.47. The molecule has 0 heterocycles. The second-order valence-electron chi connectivity index (χ2n) is 6.79. The van der Waals surface area contributed by atoms with Crippen molar-refractivity contribution in [3.05, 3.63) is 35.9 Å². The van der Waals surface area contributed by atoms with Gasteiger partial charge in [-0.1, -0.05) is 30.3 Å². The lowest BCUT2D eigenvalue weighted by Crippen LogP contribution is -2.61. The predicted molar refractivity (Wildman–Crippen MR) is 74.2 cm³/mol. The summed E-state index contributed by atoms with van der Waals surface area (Å²) in [6, 6.07) is 11.2. The topological polar surface area (TPSA) is 12.0 Å². The Bertz CT molecular complexity index is 408. The molecular formula is C17H23N. The van der Waals surface area contributed by atoms with Crippen molar-refractivity contribution in [2.75, 3.05) is 7.05 Å². The maximum atomic E-state index is 3.78. The van der Waals surface area contributed by atoms with E-state index in [9.17, 15) is 0 Å². The summed E-state index contributed by atoms with van der Waals surface area (Å²) in [6.45, 7) is 0. The molecule has 18 heavy (non-hydrogen) atoms. The third-order valence-corrected chi connectivity index (χ3v) is 6.09. The van der Waals surface area contributed by atoms with Gasteiger partial charge in [0.05, 0.1) is 0 Å². The summed E-state index contributed by atoms with van der Waals surface area (Å²) >= 11 is 0. The molecule has 1 aromatic rings. The van der Waals surface area contributed by atoms with Crippen molar-refractivity contribution in [3.63, 3.8) is 0 Å². The molecule has 96 valence electrons. The number of hydrogen-bond donors (Lipinski definition) is 1. The molecule has 1 N–H and O–H groups in total. The zero-order valence-electron chi connectivity index (χ0n) is 11.2. The van der Waals surface area contributed by atoms with Crippen LogP contribution in [0.15, 0.2) is 30.3 Å². The van der Waals surface area contributed by atoms with E-state index >= 15 is 0 Å². The molecule has 0 amide bonds. The molecule has 0 aromatic heterocycles. The molecule has 4 fully saturated rings. The summed E-state index contributed by atoms with van der Waals surface area (Å²) in [5.74, 6) is 3.83. The van der Waals surface area contributed by atoms with Crippen molar-refractivity contribution in [1.82, 2.24) is 5.32 Å². The molecule has 0 unspecified atom stereocenters. The number of benzene rings is 1. The molecule has 4 aliphatic carbocycles. The van der Waals surface area contributed by atoms with E-state index in [1.807, 2.05) is 0 Å². The second kappa shape index (κ2) is 3.84. The average molecular weight is 241 g/mol. The first-order valence-corrected chi connectivity index (χ1v) is 7.57. The molecule has 4 aliphatic rings. The first-order chi connectivity index (χ1) is 8.83. The van der Waals surface area contributed by atoms with Crippen molar-refractivity contribution >= 4 is 0 Å². The molecule has 1 nitrogen and oxygen atoms in total. The Morgan fingerprint density at radius 2 is 1.44 bits per heavy atom. The summed E-state index contributed by atoms with van der Waals surface area (Å²) in [4.78, 5) is 0. The molecule has 4 saturated carbocycles. The molecule has 5 rings (SSSR count). The molecule has 0 radical (unpaired) electrons. The van der Waals surface area contributed by atoms with E-state index in [1.165, 1.54) is 32.1 Å². The van der Waals surface area contributed by atoms with Gasteiger partial charge in [0, 0.05) is 5.54 Å². The maximum Gasteiger partial charge on any atom is 0.0489 e. The van der Waals surface area contributed by atoms with Crippen molar-refractivity contribution in [2.45, 2.75) is 37.6 Å². The van der Waals surface area contributed by atoms with Gasteiger partial charge >= 0.3 is 0 Å². The van der Waals surface area contributed by atoms with E-state index in [0.29, 0.717) is 0 Å². The quantitative estimate of drug-likeness (QED) is 0.835. The first-order valence-electron chi connectivity index (χ1n) is 7.57. The fourth-order valence-corrected chi connectivity index (χ4v) is 5.67. The van der Waals surface area contributed by atoms with E-state index in [1.54, 1.807) is 5.56 Å². The minimum Gasteiger partial charge on any atom is -0.310 e. The van der Waals surface area contributed by atoms with Gasteiger partial charge in [-0.25, -0.2) is 0 Å². The van der Waals surface area contributed by atoms with Crippen LogP contribution in [0, 0.1) is 23.7 Å². The third kappa shape index (κ3) is 1.31. The van der Waals surface area contributed by atoms with Gasteiger partial charge in [0.2, 0.25) is 0 Å². The number of rotatable bonds is 2. The summed E-state index contributed by atoms with van der Waals surface area (Å²) in [5.41, 5.74) is 1.83. The normalized spacial score (nSPS) is 45.4. The standard InChI is InChI=1S/C17H23N/c1-18-17(14-5-3-2-4-6-14)15-8-12-7-13(10-15)11-16(17)9-12/h2-6,12-13,15-16,18H,7-11H2,1H3. The summed E-state index contributed by atoms with van der Waals surface area (Å²) in [7, 11) is 2.19. The van der Waals surface area contributed by atoms with Crippen LogP contribution in [0.3, 0.4) is 0 Å². The van der Waals surface area contributed by atoms with Gasteiger partial charge < -0.3 is 5.32 Å². The number of hydrogen-bond acceptors (Lipinski definition) is 1.